The van der Waals surface area contributed by atoms with E-state index in [1.165, 1.54) is 31.4 Å². The molecule has 0 unspecified atom stereocenters. The molecule has 0 aliphatic heterocycles. The second kappa shape index (κ2) is 6.78. The van der Waals surface area contributed by atoms with Crippen LogP contribution in [0, 0.1) is 6.92 Å². The number of ether oxygens (including phenoxy) is 1. The van der Waals surface area contributed by atoms with E-state index in [4.69, 9.17) is 23.2 Å². The number of rotatable bonds is 4. The number of nitrogens with one attached hydrogen (secondary N) is 1. The first-order valence-electron chi connectivity index (χ1n) is 6.41. The van der Waals surface area contributed by atoms with Crippen molar-refractivity contribution in [2.75, 3.05) is 11.8 Å². The molecular formula is C15H13Cl2NO4S. The molecule has 2 rings (SSSR count). The molecule has 0 heterocycles. The predicted octanol–water partition coefficient (Wildman–Crippen LogP) is 3.89. The lowest BCUT2D eigenvalue weighted by atomic mass is 10.2. The van der Waals surface area contributed by atoms with Crippen molar-refractivity contribution in [1.82, 2.24) is 0 Å². The normalized spacial score (nSPS) is 11.1. The predicted molar refractivity (Wildman–Crippen MR) is 89.8 cm³/mol. The quantitative estimate of drug-likeness (QED) is 0.825. The van der Waals surface area contributed by atoms with Crippen molar-refractivity contribution in [2.45, 2.75) is 11.8 Å². The van der Waals surface area contributed by atoms with E-state index in [2.05, 4.69) is 9.46 Å². The third-order valence-corrected chi connectivity index (χ3v) is 5.14. The smallest absolute Gasteiger partial charge is 0.340 e. The number of methoxy groups -OCH3 is 1. The van der Waals surface area contributed by atoms with E-state index in [1.807, 2.05) is 6.92 Å². The standard InChI is InChI=1S/C15H13Cl2NO4S/c1-9-3-5-10(6-4-9)23(20,21)18-14-8-13(17)12(16)7-11(14)15(19)22-2/h3-8,18H,1-2H3. The average molecular weight is 374 g/mol. The lowest BCUT2D eigenvalue weighted by Gasteiger charge is -2.13. The number of hydrogen-bond donors (Lipinski definition) is 1. The van der Waals surface area contributed by atoms with Crippen LogP contribution in [0.5, 0.6) is 0 Å². The Morgan fingerprint density at radius 1 is 1.09 bits per heavy atom. The van der Waals surface area contributed by atoms with E-state index in [9.17, 15) is 13.2 Å². The van der Waals surface area contributed by atoms with Crippen molar-refractivity contribution in [3.05, 3.63) is 57.6 Å². The summed E-state index contributed by atoms with van der Waals surface area (Å²) >= 11 is 11.8. The van der Waals surface area contributed by atoms with Crippen LogP contribution in [0.2, 0.25) is 10.0 Å². The Kier molecular flexibility index (Phi) is 5.19. The van der Waals surface area contributed by atoms with Crippen LogP contribution < -0.4 is 4.72 Å². The molecule has 0 aromatic heterocycles. The number of hydrogen-bond acceptors (Lipinski definition) is 4. The minimum absolute atomic E-state index is 0.00757. The molecule has 0 radical (unpaired) electrons. The van der Waals surface area contributed by atoms with Gasteiger partial charge in [0.25, 0.3) is 10.0 Å². The summed E-state index contributed by atoms with van der Waals surface area (Å²) in [7, 11) is -2.70. The molecule has 2 aromatic carbocycles. The summed E-state index contributed by atoms with van der Waals surface area (Å²) in [6.07, 6.45) is 0. The van der Waals surface area contributed by atoms with Gasteiger partial charge in [-0.05, 0) is 31.2 Å². The van der Waals surface area contributed by atoms with Gasteiger partial charge < -0.3 is 4.74 Å². The van der Waals surface area contributed by atoms with Crippen LogP contribution in [0.15, 0.2) is 41.3 Å². The van der Waals surface area contributed by atoms with Gasteiger partial charge in [-0.15, -0.1) is 0 Å². The Morgan fingerprint density at radius 3 is 2.22 bits per heavy atom. The maximum Gasteiger partial charge on any atom is 0.340 e. The van der Waals surface area contributed by atoms with E-state index in [0.717, 1.165) is 5.56 Å². The summed E-state index contributed by atoms with van der Waals surface area (Å²) in [6, 6.07) is 8.79. The largest absolute Gasteiger partial charge is 0.465 e. The Bertz CT molecular complexity index is 849. The van der Waals surface area contributed by atoms with E-state index < -0.39 is 16.0 Å². The number of anilines is 1. The van der Waals surface area contributed by atoms with Crippen molar-refractivity contribution in [3.63, 3.8) is 0 Å². The van der Waals surface area contributed by atoms with Gasteiger partial charge >= 0.3 is 5.97 Å². The number of aryl methyl sites for hydroxylation is 1. The summed E-state index contributed by atoms with van der Waals surface area (Å²) in [4.78, 5) is 11.9. The fraction of sp³-hybridized carbons (Fsp3) is 0.133. The maximum atomic E-state index is 12.4. The third-order valence-electron chi connectivity index (χ3n) is 3.04. The van der Waals surface area contributed by atoms with Gasteiger partial charge in [0.2, 0.25) is 0 Å². The van der Waals surface area contributed by atoms with Crippen LogP contribution in [-0.4, -0.2) is 21.5 Å². The summed E-state index contributed by atoms with van der Waals surface area (Å²) in [6.45, 7) is 1.85. The van der Waals surface area contributed by atoms with Crippen LogP contribution in [0.3, 0.4) is 0 Å². The maximum absolute atomic E-state index is 12.4. The molecule has 8 heteroatoms. The van der Waals surface area contributed by atoms with Gasteiger partial charge in [-0.1, -0.05) is 40.9 Å². The van der Waals surface area contributed by atoms with E-state index in [-0.39, 0.29) is 26.2 Å². The molecule has 2 aromatic rings. The summed E-state index contributed by atoms with van der Waals surface area (Å²) in [5.41, 5.74) is 0.887. The Labute approximate surface area is 144 Å². The molecular weight excluding hydrogens is 361 g/mol. The van der Waals surface area contributed by atoms with Crippen molar-refractivity contribution in [1.29, 1.82) is 0 Å². The Morgan fingerprint density at radius 2 is 1.65 bits per heavy atom. The lowest BCUT2D eigenvalue weighted by Crippen LogP contribution is -2.16. The SMILES string of the molecule is COC(=O)c1cc(Cl)c(Cl)cc1NS(=O)(=O)c1ccc(C)cc1. The van der Waals surface area contributed by atoms with E-state index in [0.29, 0.717) is 0 Å². The highest BCUT2D eigenvalue weighted by Gasteiger charge is 2.21. The van der Waals surface area contributed by atoms with Crippen LogP contribution >= 0.6 is 23.2 Å². The van der Waals surface area contributed by atoms with Crippen molar-refractivity contribution >= 4 is 44.9 Å². The summed E-state index contributed by atoms with van der Waals surface area (Å²) in [5, 5.41) is 0.228. The van der Waals surface area contributed by atoms with Gasteiger partial charge in [-0.25, -0.2) is 13.2 Å². The minimum atomic E-state index is -3.88. The summed E-state index contributed by atoms with van der Waals surface area (Å²) < 4.78 is 31.8. The number of halogens is 2. The van der Waals surface area contributed by atoms with Gasteiger partial charge in [0.15, 0.2) is 0 Å². The van der Waals surface area contributed by atoms with Gasteiger partial charge in [-0.2, -0.15) is 0 Å². The first-order chi connectivity index (χ1) is 10.7. The molecule has 0 spiro atoms. The minimum Gasteiger partial charge on any atom is -0.465 e. The number of benzene rings is 2. The zero-order valence-corrected chi connectivity index (χ0v) is 14.6. The molecule has 1 N–H and O–H groups in total. The van der Waals surface area contributed by atoms with Crippen LogP contribution in [0.4, 0.5) is 5.69 Å². The number of carbonyl (C=O) groups is 1. The number of sulfonamides is 1. The highest BCUT2D eigenvalue weighted by Crippen LogP contribution is 2.31. The van der Waals surface area contributed by atoms with Crippen molar-refractivity contribution in [2.24, 2.45) is 0 Å². The number of carbonyl (C=O) groups excluding carboxylic acids is 1. The highest BCUT2D eigenvalue weighted by atomic mass is 35.5. The molecule has 23 heavy (non-hydrogen) atoms. The van der Waals surface area contributed by atoms with Gasteiger partial charge in [0.05, 0.1) is 33.3 Å². The molecule has 0 bridgehead atoms. The lowest BCUT2D eigenvalue weighted by molar-refractivity contribution is 0.0602. The average Bonchev–Trinajstić information content (AvgIpc) is 2.50. The fourth-order valence-corrected chi connectivity index (χ4v) is 3.23. The third kappa shape index (κ3) is 3.96. The molecule has 0 fully saturated rings. The molecule has 0 aliphatic rings. The van der Waals surface area contributed by atoms with Crippen LogP contribution in [0.1, 0.15) is 15.9 Å². The highest BCUT2D eigenvalue weighted by molar-refractivity contribution is 7.92. The molecule has 0 atom stereocenters. The Balaban J connectivity index is 2.48. The summed E-state index contributed by atoms with van der Waals surface area (Å²) in [5.74, 6) is -0.731. The van der Waals surface area contributed by atoms with Gasteiger partial charge in [0.1, 0.15) is 0 Å². The molecule has 0 amide bonds. The molecule has 5 nitrogen and oxygen atoms in total. The van der Waals surface area contributed by atoms with Gasteiger partial charge in [0, 0.05) is 0 Å². The van der Waals surface area contributed by atoms with Gasteiger partial charge in [-0.3, -0.25) is 4.72 Å². The second-order valence-corrected chi connectivity index (χ2v) is 7.22. The monoisotopic (exact) mass is 373 g/mol. The zero-order valence-electron chi connectivity index (χ0n) is 12.3. The molecule has 122 valence electrons. The van der Waals surface area contributed by atoms with E-state index in [1.54, 1.807) is 12.1 Å². The molecule has 0 saturated heterocycles. The molecule has 0 aliphatic carbocycles. The first kappa shape index (κ1) is 17.6. The van der Waals surface area contributed by atoms with E-state index >= 15 is 0 Å². The van der Waals surface area contributed by atoms with Crippen LogP contribution in [0.25, 0.3) is 0 Å². The fourth-order valence-electron chi connectivity index (χ4n) is 1.83. The topological polar surface area (TPSA) is 72.5 Å². The second-order valence-electron chi connectivity index (χ2n) is 4.72. The van der Waals surface area contributed by atoms with Crippen molar-refractivity contribution < 1.29 is 17.9 Å². The van der Waals surface area contributed by atoms with Crippen LogP contribution in [-0.2, 0) is 14.8 Å². The molecule has 0 saturated carbocycles. The Hall–Kier alpha value is -1.76. The van der Waals surface area contributed by atoms with Crippen molar-refractivity contribution in [3.8, 4) is 0 Å². The zero-order chi connectivity index (χ0) is 17.2. The first-order valence-corrected chi connectivity index (χ1v) is 8.65. The number of esters is 1.